The maximum Gasteiger partial charge on any atom is 0.0999 e. The number of benzene rings is 4. The van der Waals surface area contributed by atoms with Crippen LogP contribution in [-0.4, -0.2) is 4.98 Å². The summed E-state index contributed by atoms with van der Waals surface area (Å²) < 4.78 is 0. The van der Waals surface area contributed by atoms with E-state index in [-0.39, 0.29) is 0 Å². The van der Waals surface area contributed by atoms with Crippen LogP contribution in [0.2, 0.25) is 0 Å². The molecule has 2 aliphatic rings. The van der Waals surface area contributed by atoms with Crippen molar-refractivity contribution in [2.24, 2.45) is 5.92 Å². The van der Waals surface area contributed by atoms with Crippen LogP contribution < -0.4 is 9.80 Å². The van der Waals surface area contributed by atoms with Crippen molar-refractivity contribution in [3.63, 3.8) is 0 Å². The smallest absolute Gasteiger partial charge is 0.0999 e. The molecule has 0 spiro atoms. The summed E-state index contributed by atoms with van der Waals surface area (Å²) >= 11 is 0. The highest BCUT2D eigenvalue weighted by Gasteiger charge is 2.33. The van der Waals surface area contributed by atoms with Gasteiger partial charge in [0.15, 0.2) is 0 Å². The summed E-state index contributed by atoms with van der Waals surface area (Å²) in [6.45, 7) is 2.28. The molecule has 0 saturated heterocycles. The van der Waals surface area contributed by atoms with Crippen molar-refractivity contribution in [3.05, 3.63) is 151 Å². The number of allylic oxidation sites excluding steroid dienone is 3. The van der Waals surface area contributed by atoms with Crippen LogP contribution in [0.5, 0.6) is 0 Å². The van der Waals surface area contributed by atoms with Crippen LogP contribution in [0.1, 0.15) is 18.9 Å². The van der Waals surface area contributed by atoms with Crippen LogP contribution in [0.25, 0.3) is 22.3 Å². The molecule has 1 aliphatic heterocycles. The third-order valence-electron chi connectivity index (χ3n) is 7.84. The number of fused-ring (bicyclic) bond motifs is 1. The molecule has 0 bridgehead atoms. The van der Waals surface area contributed by atoms with Gasteiger partial charge < -0.3 is 9.80 Å². The second-order valence-corrected chi connectivity index (χ2v) is 10.5. The Morgan fingerprint density at radius 1 is 0.732 bits per heavy atom. The van der Waals surface area contributed by atoms with Gasteiger partial charge in [-0.3, -0.25) is 4.98 Å². The van der Waals surface area contributed by atoms with E-state index in [2.05, 4.69) is 131 Å². The van der Waals surface area contributed by atoms with Crippen molar-refractivity contribution >= 4 is 22.7 Å². The van der Waals surface area contributed by atoms with E-state index in [1.54, 1.807) is 18.5 Å². The van der Waals surface area contributed by atoms with Gasteiger partial charge in [-0.15, -0.1) is 0 Å². The number of para-hydroxylation sites is 3. The number of hydrogen-bond acceptors (Lipinski definition) is 4. The van der Waals surface area contributed by atoms with Gasteiger partial charge in [-0.25, -0.2) is 0 Å². The minimum absolute atomic E-state index is 0.451. The fourth-order valence-corrected chi connectivity index (χ4v) is 5.92. The van der Waals surface area contributed by atoms with Gasteiger partial charge in [0.25, 0.3) is 0 Å². The Morgan fingerprint density at radius 3 is 2.22 bits per heavy atom. The van der Waals surface area contributed by atoms with E-state index in [1.165, 1.54) is 22.8 Å². The monoisotopic (exact) mass is 528 g/mol. The summed E-state index contributed by atoms with van der Waals surface area (Å²) in [4.78, 5) is 9.09. The van der Waals surface area contributed by atoms with Gasteiger partial charge >= 0.3 is 0 Å². The minimum Gasteiger partial charge on any atom is -0.310 e. The third-order valence-corrected chi connectivity index (χ3v) is 7.84. The Hall–Kier alpha value is -5.40. The normalized spacial score (nSPS) is 15.8. The van der Waals surface area contributed by atoms with Gasteiger partial charge in [-0.1, -0.05) is 73.7 Å². The number of rotatable bonds is 4. The predicted octanol–water partition coefficient (Wildman–Crippen LogP) is 9.38. The van der Waals surface area contributed by atoms with Gasteiger partial charge in [0.05, 0.1) is 28.7 Å². The standard InChI is InChI=1S/C37H28N4/c1-26-17-18-36-37(21-26)40(31-12-3-2-4-13-31)34-15-5-6-16-35(34)41(36)32-14-8-10-28(23-32)27-9-7-11-29(22-27)33-25-39-20-19-30(33)24-38/h2-20,22-23,25-26H,21H2,1H3. The Kier molecular flexibility index (Phi) is 6.18. The molecule has 1 aromatic heterocycles. The number of nitriles is 1. The van der Waals surface area contributed by atoms with E-state index in [0.29, 0.717) is 11.5 Å². The topological polar surface area (TPSA) is 43.2 Å². The van der Waals surface area contributed by atoms with Gasteiger partial charge in [0, 0.05) is 35.0 Å². The molecule has 196 valence electrons. The number of nitrogens with zero attached hydrogens (tertiary/aromatic N) is 4. The fraction of sp³-hybridized carbons (Fsp3) is 0.0811. The molecule has 1 atom stereocenters. The second-order valence-electron chi connectivity index (χ2n) is 10.5. The summed E-state index contributed by atoms with van der Waals surface area (Å²) in [5.74, 6) is 0.451. The molecule has 5 aromatic rings. The molecule has 1 unspecified atom stereocenters. The number of pyridine rings is 1. The van der Waals surface area contributed by atoms with Crippen molar-refractivity contribution in [3.8, 4) is 28.3 Å². The lowest BCUT2D eigenvalue weighted by molar-refractivity contribution is 0.681. The zero-order valence-electron chi connectivity index (χ0n) is 22.8. The first kappa shape index (κ1) is 24.6. The van der Waals surface area contributed by atoms with E-state index in [9.17, 15) is 5.26 Å². The highest BCUT2D eigenvalue weighted by molar-refractivity contribution is 5.91. The molecular formula is C37H28N4. The average molecular weight is 529 g/mol. The number of hydrogen-bond donors (Lipinski definition) is 0. The molecule has 0 saturated carbocycles. The summed E-state index contributed by atoms with van der Waals surface area (Å²) in [5, 5.41) is 9.63. The van der Waals surface area contributed by atoms with Gasteiger partial charge in [-0.05, 0) is 83.6 Å². The Morgan fingerprint density at radius 2 is 1.41 bits per heavy atom. The molecule has 41 heavy (non-hydrogen) atoms. The number of anilines is 4. The molecule has 1 aliphatic carbocycles. The average Bonchev–Trinajstić information content (AvgIpc) is 3.04. The zero-order chi connectivity index (χ0) is 27.8. The molecule has 0 radical (unpaired) electrons. The maximum atomic E-state index is 9.63. The van der Waals surface area contributed by atoms with E-state index < -0.39 is 0 Å². The van der Waals surface area contributed by atoms with Crippen molar-refractivity contribution in [2.75, 3.05) is 9.80 Å². The van der Waals surface area contributed by atoms with Gasteiger partial charge in [-0.2, -0.15) is 5.26 Å². The number of aromatic nitrogens is 1. The highest BCUT2D eigenvalue weighted by atomic mass is 15.3. The van der Waals surface area contributed by atoms with E-state index in [0.717, 1.165) is 40.0 Å². The zero-order valence-corrected chi connectivity index (χ0v) is 22.8. The molecule has 0 amide bonds. The second kappa shape index (κ2) is 10.3. The van der Waals surface area contributed by atoms with Crippen LogP contribution >= 0.6 is 0 Å². The van der Waals surface area contributed by atoms with E-state index in [1.807, 2.05) is 12.1 Å². The van der Waals surface area contributed by atoms with Crippen molar-refractivity contribution < 1.29 is 0 Å². The fourth-order valence-electron chi connectivity index (χ4n) is 5.92. The molecule has 0 N–H and O–H groups in total. The lowest BCUT2D eigenvalue weighted by Crippen LogP contribution is -2.33. The Labute approximate surface area is 240 Å². The van der Waals surface area contributed by atoms with Gasteiger partial charge in [0.1, 0.15) is 0 Å². The molecule has 4 aromatic carbocycles. The summed E-state index contributed by atoms with van der Waals surface area (Å²) in [6, 6.07) is 40.5. The minimum atomic E-state index is 0.451. The quantitative estimate of drug-likeness (QED) is 0.233. The Bertz CT molecular complexity index is 1860. The lowest BCUT2D eigenvalue weighted by atomic mass is 9.92. The first-order chi connectivity index (χ1) is 20.2. The molecule has 7 rings (SSSR count). The van der Waals surface area contributed by atoms with Crippen LogP contribution in [0.3, 0.4) is 0 Å². The lowest BCUT2D eigenvalue weighted by Gasteiger charge is -2.43. The molecule has 0 fully saturated rings. The molecule has 2 heterocycles. The van der Waals surface area contributed by atoms with Crippen molar-refractivity contribution in [2.45, 2.75) is 13.3 Å². The van der Waals surface area contributed by atoms with Crippen LogP contribution in [0.4, 0.5) is 22.7 Å². The summed E-state index contributed by atoms with van der Waals surface area (Å²) in [7, 11) is 0. The predicted molar refractivity (Wildman–Crippen MR) is 167 cm³/mol. The Balaban J connectivity index is 1.36. The van der Waals surface area contributed by atoms with Crippen LogP contribution in [0.15, 0.2) is 145 Å². The van der Waals surface area contributed by atoms with Crippen molar-refractivity contribution in [1.29, 1.82) is 5.26 Å². The van der Waals surface area contributed by atoms with Crippen molar-refractivity contribution in [1.82, 2.24) is 4.98 Å². The van der Waals surface area contributed by atoms with Crippen LogP contribution in [-0.2, 0) is 0 Å². The van der Waals surface area contributed by atoms with Crippen LogP contribution in [0, 0.1) is 17.2 Å². The van der Waals surface area contributed by atoms with E-state index >= 15 is 0 Å². The van der Waals surface area contributed by atoms with Gasteiger partial charge in [0.2, 0.25) is 0 Å². The van der Waals surface area contributed by atoms with E-state index in [4.69, 9.17) is 0 Å². The first-order valence-corrected chi connectivity index (χ1v) is 13.9. The molecular weight excluding hydrogens is 500 g/mol. The molecule has 4 heteroatoms. The first-order valence-electron chi connectivity index (χ1n) is 13.9. The summed E-state index contributed by atoms with van der Waals surface area (Å²) in [6.07, 6.45) is 8.99. The highest BCUT2D eigenvalue weighted by Crippen LogP contribution is 2.50. The maximum absolute atomic E-state index is 9.63. The largest absolute Gasteiger partial charge is 0.310 e. The third kappa shape index (κ3) is 4.38. The summed E-state index contributed by atoms with van der Waals surface area (Å²) in [5.41, 5.74) is 11.8. The SMILES string of the molecule is CC1C=CC2=C(C1)N(c1ccccc1)c1ccccc1N2c1cccc(-c2cccc(-c3cnccc3C#N)c2)c1. The molecule has 4 nitrogen and oxygen atoms in total.